The monoisotopic (exact) mass is 1030 g/mol. The van der Waals surface area contributed by atoms with E-state index in [2.05, 4.69) is 15.0 Å². The van der Waals surface area contributed by atoms with E-state index in [0.29, 0.717) is 63.9 Å². The Morgan fingerprint density at radius 1 is 0.549 bits per heavy atom. The summed E-state index contributed by atoms with van der Waals surface area (Å²) in [6.07, 6.45) is 5.67. The third-order valence-corrected chi connectivity index (χ3v) is 11.4. The van der Waals surface area contributed by atoms with Crippen molar-refractivity contribution in [3.8, 4) is 51.0 Å². The maximum absolute atomic E-state index is 14.2. The summed E-state index contributed by atoms with van der Waals surface area (Å²) in [6.45, 7) is 9.54. The third kappa shape index (κ3) is 13.5. The molecule has 0 fully saturated rings. The molecule has 6 heterocycles. The number of pyridine rings is 3. The molecule has 71 heavy (non-hydrogen) atoms. The lowest BCUT2D eigenvalue weighted by molar-refractivity contribution is 0.0508. The minimum atomic E-state index is -0.697. The van der Waals surface area contributed by atoms with Gasteiger partial charge in [0.2, 0.25) is 17.6 Å². The van der Waals surface area contributed by atoms with Crippen LogP contribution < -0.4 is 14.2 Å². The zero-order valence-electron chi connectivity index (χ0n) is 39.4. The number of hydrogen-bond acceptors (Lipinski definition) is 11. The van der Waals surface area contributed by atoms with E-state index in [0.717, 1.165) is 49.4 Å². The summed E-state index contributed by atoms with van der Waals surface area (Å²) in [5.74, 6) is -4.10. The predicted octanol–water partition coefficient (Wildman–Crippen LogP) is 13.5. The molecule has 6 aromatic rings. The smallest absolute Gasteiger partial charge is 0.357 e. The molecule has 3 atom stereocenters. The number of esters is 2. The molecule has 3 aliphatic rings. The Balaban J connectivity index is 0.000000170. The van der Waals surface area contributed by atoms with E-state index in [-0.39, 0.29) is 71.3 Å². The van der Waals surface area contributed by atoms with Crippen molar-refractivity contribution in [1.29, 1.82) is 0 Å². The molecule has 10 nitrogen and oxygen atoms in total. The lowest BCUT2D eigenvalue weighted by Crippen LogP contribution is -2.22. The number of fused-ring (bicyclic) bond motifs is 3. The van der Waals surface area contributed by atoms with E-state index < -0.39 is 46.8 Å². The summed E-state index contributed by atoms with van der Waals surface area (Å²) >= 11 is 6.23. The summed E-state index contributed by atoms with van der Waals surface area (Å²) in [6, 6.07) is 14.8. The number of rotatable bonds is 7. The predicted molar refractivity (Wildman–Crippen MR) is 256 cm³/mol. The largest absolute Gasteiger partial charge is 0.474 e. The van der Waals surface area contributed by atoms with Crippen LogP contribution in [0.4, 0.5) is 30.2 Å². The van der Waals surface area contributed by atoms with Gasteiger partial charge in [-0.2, -0.15) is 3.89 Å². The zero-order chi connectivity index (χ0) is 51.5. The van der Waals surface area contributed by atoms with E-state index in [1.807, 2.05) is 20.8 Å². The summed E-state index contributed by atoms with van der Waals surface area (Å²) in [4.78, 5) is 36.7. The van der Waals surface area contributed by atoms with Crippen LogP contribution in [-0.2, 0) is 28.7 Å². The van der Waals surface area contributed by atoms with Gasteiger partial charge in [-0.1, -0.05) is 11.6 Å². The van der Waals surface area contributed by atoms with Crippen LogP contribution in [0.3, 0.4) is 0 Å². The first-order valence-electron chi connectivity index (χ1n) is 22.6. The molecule has 376 valence electrons. The van der Waals surface area contributed by atoms with Crippen molar-refractivity contribution in [2.24, 2.45) is 0 Å². The Morgan fingerprint density at radius 2 is 0.859 bits per heavy atom. The topological polar surface area (TPSA) is 119 Å². The summed E-state index contributed by atoms with van der Waals surface area (Å²) < 4.78 is 119. The summed E-state index contributed by atoms with van der Waals surface area (Å²) in [7, 11) is 0. The van der Waals surface area contributed by atoms with E-state index in [4.69, 9.17) is 35.3 Å². The Kier molecular flexibility index (Phi) is 18.7. The number of benzene rings is 3. The Labute approximate surface area is 415 Å². The second kappa shape index (κ2) is 24.6. The molecule has 0 bridgehead atoms. The van der Waals surface area contributed by atoms with Gasteiger partial charge in [-0.15, -0.1) is 0 Å². The lowest BCUT2D eigenvalue weighted by Gasteiger charge is -2.25. The number of aromatic nitrogens is 3. The van der Waals surface area contributed by atoms with Gasteiger partial charge in [0.05, 0.1) is 31.5 Å². The number of ether oxygens (including phenoxy) is 5. The van der Waals surface area contributed by atoms with Crippen molar-refractivity contribution in [2.45, 2.75) is 91.5 Å². The quantitative estimate of drug-likeness (QED) is 0.0864. The fourth-order valence-corrected chi connectivity index (χ4v) is 8.07. The molecule has 0 radical (unpaired) electrons. The number of carbonyl (C=O) groups is 2. The molecule has 1 unspecified atom stereocenters. The zero-order valence-corrected chi connectivity index (χ0v) is 41.0. The maximum atomic E-state index is 14.2. The van der Waals surface area contributed by atoms with Crippen molar-refractivity contribution in [1.82, 2.24) is 15.0 Å². The number of nitrogens with zero attached hydrogens (tertiary/aromatic N) is 3. The molecule has 9 rings (SSSR count). The first-order valence-corrected chi connectivity index (χ1v) is 24.1. The summed E-state index contributed by atoms with van der Waals surface area (Å²) in [5, 5.41) is 0.233. The molecule has 0 saturated carbocycles. The van der Waals surface area contributed by atoms with Crippen molar-refractivity contribution in [3.63, 3.8) is 0 Å². The van der Waals surface area contributed by atoms with Crippen LogP contribution in [0.5, 0.6) is 17.6 Å². The van der Waals surface area contributed by atoms with E-state index in [1.54, 1.807) is 19.9 Å². The number of halogens is 8. The molecule has 19 heteroatoms. The van der Waals surface area contributed by atoms with Crippen LogP contribution in [0.1, 0.15) is 91.5 Å². The molecular formula is C52H49ClF7N3O7S. The van der Waals surface area contributed by atoms with E-state index >= 15 is 0 Å². The summed E-state index contributed by atoms with van der Waals surface area (Å²) in [5.41, 5.74) is 4.63. The van der Waals surface area contributed by atoms with E-state index in [1.165, 1.54) is 54.8 Å². The van der Waals surface area contributed by atoms with Crippen LogP contribution in [0.25, 0.3) is 33.4 Å². The van der Waals surface area contributed by atoms with Crippen molar-refractivity contribution in [2.75, 3.05) is 19.5 Å². The highest BCUT2D eigenvalue weighted by Crippen LogP contribution is 2.40. The highest BCUT2D eigenvalue weighted by molar-refractivity contribution is 7.93. The fourth-order valence-electron chi connectivity index (χ4n) is 7.89. The minimum Gasteiger partial charge on any atom is -0.474 e. The van der Waals surface area contributed by atoms with Crippen molar-refractivity contribution in [3.05, 3.63) is 141 Å². The SMILES string of the molecule is CC1CCc2c(-c3ccc(F)cc3F)cc(Cl)nc2O1.CCOC(=O)c1cc(-c2ccc(F)cc2F)c2c(n1)O[C@@H](C)CC2.CCOC(=O)c1cc(-c2ccc(F)cc2F)c2c(n1)O[C@H](C)CC2.CSF. The van der Waals surface area contributed by atoms with Gasteiger partial charge in [-0.05, 0) is 144 Å². The molecular weight excluding hydrogens is 979 g/mol. The third-order valence-electron chi connectivity index (χ3n) is 11.2. The minimum absolute atomic E-state index is 0.0448. The molecule has 0 saturated heterocycles. The van der Waals surface area contributed by atoms with Crippen molar-refractivity contribution < 1.29 is 63.5 Å². The highest BCUT2D eigenvalue weighted by atomic mass is 35.5. The van der Waals surface area contributed by atoms with Crippen LogP contribution in [0.15, 0.2) is 72.8 Å². The van der Waals surface area contributed by atoms with E-state index in [9.17, 15) is 39.8 Å². The molecule has 0 aliphatic carbocycles. The highest BCUT2D eigenvalue weighted by Gasteiger charge is 2.28. The molecule has 0 spiro atoms. The lowest BCUT2D eigenvalue weighted by atomic mass is 9.94. The number of carbonyl (C=O) groups excluding carboxylic acids is 2. The Bertz CT molecular complexity index is 2760. The van der Waals surface area contributed by atoms with Gasteiger partial charge >= 0.3 is 11.9 Å². The van der Waals surface area contributed by atoms with Gasteiger partial charge in [0.1, 0.15) is 40.1 Å². The van der Waals surface area contributed by atoms with Gasteiger partial charge in [-0.3, -0.25) is 0 Å². The second-order valence-electron chi connectivity index (χ2n) is 16.3. The molecule has 3 aromatic carbocycles. The van der Waals surface area contributed by atoms with Gasteiger partial charge in [0, 0.05) is 70.0 Å². The molecule has 3 aliphatic heterocycles. The average molecular weight is 1030 g/mol. The first kappa shape index (κ1) is 53.9. The van der Waals surface area contributed by atoms with Crippen LogP contribution in [0, 0.1) is 34.9 Å². The second-order valence-corrected chi connectivity index (χ2v) is 17.0. The van der Waals surface area contributed by atoms with Gasteiger partial charge < -0.3 is 23.7 Å². The fraction of sp³-hybridized carbons (Fsp3) is 0.327. The van der Waals surface area contributed by atoms with Crippen LogP contribution in [0.2, 0.25) is 5.15 Å². The maximum Gasteiger partial charge on any atom is 0.357 e. The van der Waals surface area contributed by atoms with Crippen molar-refractivity contribution >= 4 is 35.7 Å². The van der Waals surface area contributed by atoms with Crippen LogP contribution >= 0.6 is 23.7 Å². The normalized spacial score (nSPS) is 16.2. The van der Waals surface area contributed by atoms with Gasteiger partial charge in [-0.25, -0.2) is 50.9 Å². The Hall–Kier alpha value is -6.40. The van der Waals surface area contributed by atoms with Crippen LogP contribution in [-0.4, -0.2) is 64.7 Å². The average Bonchev–Trinajstić information content (AvgIpc) is 3.31. The number of hydrogen-bond donors (Lipinski definition) is 0. The van der Waals surface area contributed by atoms with Gasteiger partial charge in [0.25, 0.3) is 0 Å². The first-order chi connectivity index (χ1) is 33.9. The molecule has 0 N–H and O–H groups in total. The molecule has 0 amide bonds. The Morgan fingerprint density at radius 3 is 1.17 bits per heavy atom. The standard InChI is InChI=1S/2C18H17F2NO3.C15H12ClF2NO.CH3FS/c2*1-3-23-18(22)16-9-14(12-7-5-11(19)8-15(12)20)13-6-4-10(2)24-17(13)21-16;1-8-2-4-11-12(7-14(16)19-15(11)20-8)10-5-3-9(17)6-13(10)18;1-3-2/h2*5,7-10H,3-4,6H2,1-2H3;3,5-8H,2,4H2,1H3;1H3/t2*10-;;/m10../s1. The van der Waals surface area contributed by atoms with Gasteiger partial charge in [0.15, 0.2) is 11.4 Å². The molecule has 3 aromatic heterocycles.